The minimum atomic E-state index is -3.68. The molecule has 0 bridgehead atoms. The maximum atomic E-state index is 13.0. The first kappa shape index (κ1) is 20.4. The van der Waals surface area contributed by atoms with Crippen LogP contribution in [0.2, 0.25) is 0 Å². The molecular formula is C18H26N2O5S. The number of benzene rings is 1. The molecule has 1 aliphatic rings. The van der Waals surface area contributed by atoms with Crippen molar-refractivity contribution in [2.24, 2.45) is 0 Å². The Bertz CT molecular complexity index is 763. The average molecular weight is 382 g/mol. The molecule has 2 rings (SSSR count). The summed E-state index contributed by atoms with van der Waals surface area (Å²) in [6, 6.07) is 5.81. The molecule has 1 saturated heterocycles. The third-order valence-corrected chi connectivity index (χ3v) is 6.55. The van der Waals surface area contributed by atoms with E-state index in [-0.39, 0.29) is 16.5 Å². The molecule has 1 aliphatic heterocycles. The Balaban J connectivity index is 2.31. The summed E-state index contributed by atoms with van der Waals surface area (Å²) in [5.74, 6) is -1.57. The van der Waals surface area contributed by atoms with E-state index in [1.807, 2.05) is 13.8 Å². The Labute approximate surface area is 154 Å². The summed E-state index contributed by atoms with van der Waals surface area (Å²) < 4.78 is 27.4. The molecule has 0 saturated carbocycles. The topological polar surface area (TPSA) is 95.0 Å². The second-order valence-electron chi connectivity index (χ2n) is 6.61. The van der Waals surface area contributed by atoms with Crippen molar-refractivity contribution in [3.8, 4) is 0 Å². The fraction of sp³-hybridized carbons (Fsp3) is 0.556. The van der Waals surface area contributed by atoms with E-state index in [1.54, 1.807) is 0 Å². The number of rotatable bonds is 7. The minimum absolute atomic E-state index is 0.0725. The van der Waals surface area contributed by atoms with Crippen molar-refractivity contribution in [3.05, 3.63) is 29.8 Å². The van der Waals surface area contributed by atoms with Gasteiger partial charge in [-0.2, -0.15) is 4.31 Å². The molecule has 26 heavy (non-hydrogen) atoms. The lowest BCUT2D eigenvalue weighted by Gasteiger charge is -2.32. The van der Waals surface area contributed by atoms with E-state index in [9.17, 15) is 18.0 Å². The van der Waals surface area contributed by atoms with Crippen LogP contribution in [0.3, 0.4) is 0 Å². The molecule has 1 N–H and O–H groups in total. The number of amides is 1. The summed E-state index contributed by atoms with van der Waals surface area (Å²) >= 11 is 0. The van der Waals surface area contributed by atoms with Crippen LogP contribution in [0.5, 0.6) is 0 Å². The summed E-state index contributed by atoms with van der Waals surface area (Å²) in [6.45, 7) is 4.10. The average Bonchev–Trinajstić information content (AvgIpc) is 2.60. The summed E-state index contributed by atoms with van der Waals surface area (Å²) in [6.07, 6.45) is 3.26. The van der Waals surface area contributed by atoms with Gasteiger partial charge >= 0.3 is 5.97 Å². The number of carbonyl (C=O) groups is 2. The first-order chi connectivity index (χ1) is 12.3. The summed E-state index contributed by atoms with van der Waals surface area (Å²) in [5.41, 5.74) is 0.186. The molecule has 0 aliphatic carbocycles. The van der Waals surface area contributed by atoms with Gasteiger partial charge < -0.3 is 10.0 Å². The fourth-order valence-corrected chi connectivity index (χ4v) is 4.97. The fourth-order valence-electron chi connectivity index (χ4n) is 3.22. The Kier molecular flexibility index (Phi) is 6.77. The third kappa shape index (κ3) is 4.62. The van der Waals surface area contributed by atoms with Gasteiger partial charge in [0, 0.05) is 24.7 Å². The molecule has 1 aromatic rings. The van der Waals surface area contributed by atoms with Gasteiger partial charge in [-0.25, -0.2) is 8.42 Å². The molecule has 1 atom stereocenters. The van der Waals surface area contributed by atoms with Gasteiger partial charge in [0.05, 0.1) is 4.90 Å². The van der Waals surface area contributed by atoms with Crippen molar-refractivity contribution >= 4 is 21.9 Å². The van der Waals surface area contributed by atoms with Crippen molar-refractivity contribution in [3.63, 3.8) is 0 Å². The lowest BCUT2D eigenvalue weighted by molar-refractivity contribution is -0.137. The molecule has 8 heteroatoms. The number of piperidine rings is 1. The maximum Gasteiger partial charge on any atom is 0.323 e. The molecule has 0 spiro atoms. The van der Waals surface area contributed by atoms with Gasteiger partial charge in [0.2, 0.25) is 10.0 Å². The van der Waals surface area contributed by atoms with E-state index in [1.165, 1.54) is 33.5 Å². The van der Waals surface area contributed by atoms with Gasteiger partial charge in [-0.1, -0.05) is 19.4 Å². The van der Waals surface area contributed by atoms with Crippen LogP contribution in [0.1, 0.15) is 49.9 Å². The predicted octanol–water partition coefficient (Wildman–Crippen LogP) is 2.19. The maximum absolute atomic E-state index is 13.0. The van der Waals surface area contributed by atoms with E-state index in [2.05, 4.69) is 0 Å². The summed E-state index contributed by atoms with van der Waals surface area (Å²) in [7, 11) is -3.68. The van der Waals surface area contributed by atoms with Crippen LogP contribution in [0.15, 0.2) is 29.2 Å². The van der Waals surface area contributed by atoms with Crippen molar-refractivity contribution in [2.75, 3.05) is 19.6 Å². The quantitative estimate of drug-likeness (QED) is 0.780. The number of sulfonamides is 1. The van der Waals surface area contributed by atoms with Crippen LogP contribution in [0, 0.1) is 0 Å². The molecule has 1 aromatic carbocycles. The molecule has 1 unspecified atom stereocenters. The van der Waals surface area contributed by atoms with Crippen molar-refractivity contribution in [2.45, 2.75) is 50.5 Å². The highest BCUT2D eigenvalue weighted by molar-refractivity contribution is 7.89. The second kappa shape index (κ2) is 8.64. The zero-order valence-corrected chi connectivity index (χ0v) is 16.0. The normalized spacial score (nSPS) is 18.5. The minimum Gasteiger partial charge on any atom is -0.480 e. The first-order valence-electron chi connectivity index (χ1n) is 8.90. The van der Waals surface area contributed by atoms with Gasteiger partial charge in [-0.05, 0) is 44.4 Å². The standard InChI is InChI=1S/C18H26N2O5S/c1-3-10-19(13-17(21)22)18(23)15-8-6-9-16(12-15)26(24,25)20-11-5-4-7-14(20)2/h6,8-9,12,14H,3-5,7,10-11,13H2,1-2H3,(H,21,22). The monoisotopic (exact) mass is 382 g/mol. The van der Waals surface area contributed by atoms with Gasteiger partial charge in [0.15, 0.2) is 0 Å². The number of carbonyl (C=O) groups excluding carboxylic acids is 1. The van der Waals surface area contributed by atoms with E-state index < -0.39 is 28.4 Å². The van der Waals surface area contributed by atoms with Crippen molar-refractivity contribution in [1.82, 2.24) is 9.21 Å². The number of carboxylic acid groups (broad SMARTS) is 1. The van der Waals surface area contributed by atoms with Crippen LogP contribution in [0.25, 0.3) is 0 Å². The molecule has 144 valence electrons. The number of nitrogens with zero attached hydrogens (tertiary/aromatic N) is 2. The third-order valence-electron chi connectivity index (χ3n) is 4.54. The Morgan fingerprint density at radius 3 is 2.65 bits per heavy atom. The van der Waals surface area contributed by atoms with Crippen molar-refractivity contribution < 1.29 is 23.1 Å². The lowest BCUT2D eigenvalue weighted by atomic mass is 10.1. The molecule has 7 nitrogen and oxygen atoms in total. The Morgan fingerprint density at radius 1 is 1.31 bits per heavy atom. The molecule has 0 aromatic heterocycles. The molecule has 1 fully saturated rings. The number of hydrogen-bond donors (Lipinski definition) is 1. The Hall–Kier alpha value is -1.93. The molecule has 1 heterocycles. The SMILES string of the molecule is CCCN(CC(=O)O)C(=O)c1cccc(S(=O)(=O)N2CCCCC2C)c1. The van der Waals surface area contributed by atoms with Gasteiger partial charge in [-0.3, -0.25) is 9.59 Å². The number of carboxylic acids is 1. The number of hydrogen-bond acceptors (Lipinski definition) is 4. The van der Waals surface area contributed by atoms with Gasteiger partial charge in [0.25, 0.3) is 5.91 Å². The zero-order chi connectivity index (χ0) is 19.3. The van der Waals surface area contributed by atoms with Crippen molar-refractivity contribution in [1.29, 1.82) is 0 Å². The highest BCUT2D eigenvalue weighted by Gasteiger charge is 2.31. The van der Waals surface area contributed by atoms with E-state index in [0.29, 0.717) is 19.5 Å². The van der Waals surface area contributed by atoms with Crippen LogP contribution in [-0.4, -0.2) is 60.3 Å². The summed E-state index contributed by atoms with van der Waals surface area (Å²) in [4.78, 5) is 24.9. The molecule has 1 amide bonds. The van der Waals surface area contributed by atoms with E-state index in [4.69, 9.17) is 5.11 Å². The zero-order valence-electron chi connectivity index (χ0n) is 15.2. The van der Waals surface area contributed by atoms with Gasteiger partial charge in [0.1, 0.15) is 6.54 Å². The molecule has 0 radical (unpaired) electrons. The van der Waals surface area contributed by atoms with Crippen LogP contribution in [0.4, 0.5) is 0 Å². The number of aliphatic carboxylic acids is 1. The second-order valence-corrected chi connectivity index (χ2v) is 8.50. The highest BCUT2D eigenvalue weighted by Crippen LogP contribution is 2.25. The van der Waals surface area contributed by atoms with Crippen LogP contribution < -0.4 is 0 Å². The van der Waals surface area contributed by atoms with E-state index >= 15 is 0 Å². The predicted molar refractivity (Wildman–Crippen MR) is 97.5 cm³/mol. The Morgan fingerprint density at radius 2 is 2.04 bits per heavy atom. The smallest absolute Gasteiger partial charge is 0.323 e. The summed E-state index contributed by atoms with van der Waals surface area (Å²) in [5, 5.41) is 8.99. The van der Waals surface area contributed by atoms with Crippen LogP contribution in [-0.2, 0) is 14.8 Å². The van der Waals surface area contributed by atoms with E-state index in [0.717, 1.165) is 19.3 Å². The van der Waals surface area contributed by atoms with Crippen LogP contribution >= 0.6 is 0 Å². The van der Waals surface area contributed by atoms with Gasteiger partial charge in [-0.15, -0.1) is 0 Å². The first-order valence-corrected chi connectivity index (χ1v) is 10.3. The largest absolute Gasteiger partial charge is 0.480 e. The lowest BCUT2D eigenvalue weighted by Crippen LogP contribution is -2.42. The molecular weight excluding hydrogens is 356 g/mol. The highest BCUT2D eigenvalue weighted by atomic mass is 32.2.